The molecule has 2 aliphatic rings. The van der Waals surface area contributed by atoms with Crippen molar-refractivity contribution in [1.82, 2.24) is 0 Å². The maximum Gasteiger partial charge on any atom is 0.0889 e. The van der Waals surface area contributed by atoms with E-state index in [0.717, 1.165) is 6.42 Å². The molecule has 0 spiro atoms. The summed E-state index contributed by atoms with van der Waals surface area (Å²) in [6.07, 6.45) is 11.0. The van der Waals surface area contributed by atoms with Crippen LogP contribution in [0, 0.1) is 12.0 Å². The molecule has 0 saturated carbocycles. The predicted octanol–water partition coefficient (Wildman–Crippen LogP) is 2.27. The van der Waals surface area contributed by atoms with Crippen molar-refractivity contribution < 1.29 is 4.74 Å². The molecule has 0 N–H and O–H groups in total. The van der Waals surface area contributed by atoms with Gasteiger partial charge in [-0.15, -0.1) is 0 Å². The first-order chi connectivity index (χ1) is 5.83. The van der Waals surface area contributed by atoms with Gasteiger partial charge in [0.1, 0.15) is 0 Å². The SMILES string of the molecule is COC1C2=[C]C=CCC2=CC1C. The van der Waals surface area contributed by atoms with Crippen molar-refractivity contribution in [3.8, 4) is 0 Å². The molecule has 0 bridgehead atoms. The molecule has 0 saturated heterocycles. The summed E-state index contributed by atoms with van der Waals surface area (Å²) in [6.45, 7) is 2.19. The predicted molar refractivity (Wildman–Crippen MR) is 48.6 cm³/mol. The molecule has 2 rings (SSSR count). The Bertz CT molecular complexity index is 271. The summed E-state index contributed by atoms with van der Waals surface area (Å²) >= 11 is 0. The van der Waals surface area contributed by atoms with Crippen LogP contribution in [0.4, 0.5) is 0 Å². The number of hydrogen-bond donors (Lipinski definition) is 0. The van der Waals surface area contributed by atoms with Gasteiger partial charge in [-0.1, -0.05) is 25.2 Å². The van der Waals surface area contributed by atoms with E-state index in [1.54, 1.807) is 7.11 Å². The number of methoxy groups -OCH3 is 1. The van der Waals surface area contributed by atoms with E-state index in [1.807, 2.05) is 6.08 Å². The molecule has 0 aromatic heterocycles. The quantitative estimate of drug-likeness (QED) is 0.573. The fourth-order valence-corrected chi connectivity index (χ4v) is 1.96. The van der Waals surface area contributed by atoms with Crippen LogP contribution in [-0.4, -0.2) is 13.2 Å². The van der Waals surface area contributed by atoms with Gasteiger partial charge in [0.2, 0.25) is 0 Å². The topological polar surface area (TPSA) is 9.23 Å². The van der Waals surface area contributed by atoms with E-state index in [-0.39, 0.29) is 6.10 Å². The van der Waals surface area contributed by atoms with Gasteiger partial charge in [-0.3, -0.25) is 0 Å². The van der Waals surface area contributed by atoms with Crippen LogP contribution in [0.5, 0.6) is 0 Å². The third kappa shape index (κ3) is 1.05. The minimum atomic E-state index is 0.241. The Labute approximate surface area is 73.4 Å². The molecular weight excluding hydrogens is 148 g/mol. The van der Waals surface area contributed by atoms with Gasteiger partial charge < -0.3 is 4.74 Å². The molecule has 12 heavy (non-hydrogen) atoms. The molecule has 2 unspecified atom stereocenters. The average Bonchev–Trinajstić information content (AvgIpc) is 2.40. The Kier molecular flexibility index (Phi) is 1.89. The van der Waals surface area contributed by atoms with Crippen LogP contribution in [-0.2, 0) is 4.74 Å². The molecule has 1 nitrogen and oxygen atoms in total. The lowest BCUT2D eigenvalue weighted by Crippen LogP contribution is -2.17. The van der Waals surface area contributed by atoms with Crippen LogP contribution in [0.3, 0.4) is 0 Å². The first-order valence-corrected chi connectivity index (χ1v) is 4.35. The van der Waals surface area contributed by atoms with Crippen molar-refractivity contribution >= 4 is 0 Å². The molecule has 2 aliphatic carbocycles. The van der Waals surface area contributed by atoms with E-state index in [9.17, 15) is 0 Å². The second kappa shape index (κ2) is 2.91. The van der Waals surface area contributed by atoms with Crippen LogP contribution >= 0.6 is 0 Å². The van der Waals surface area contributed by atoms with Gasteiger partial charge in [-0.2, -0.15) is 0 Å². The highest BCUT2D eigenvalue weighted by atomic mass is 16.5. The first kappa shape index (κ1) is 7.81. The molecule has 1 radical (unpaired) electrons. The fraction of sp³-hybridized carbons (Fsp3) is 0.455. The second-order valence-electron chi connectivity index (χ2n) is 3.37. The molecule has 0 aromatic carbocycles. The fourth-order valence-electron chi connectivity index (χ4n) is 1.96. The highest BCUT2D eigenvalue weighted by molar-refractivity contribution is 5.44. The van der Waals surface area contributed by atoms with Crippen molar-refractivity contribution in [3.05, 3.63) is 35.5 Å². The summed E-state index contributed by atoms with van der Waals surface area (Å²) in [6, 6.07) is 0. The van der Waals surface area contributed by atoms with Gasteiger partial charge in [-0.25, -0.2) is 0 Å². The molecule has 63 valence electrons. The van der Waals surface area contributed by atoms with Crippen LogP contribution in [0.2, 0.25) is 0 Å². The van der Waals surface area contributed by atoms with Gasteiger partial charge in [-0.05, 0) is 23.6 Å². The van der Waals surface area contributed by atoms with Crippen molar-refractivity contribution in [2.24, 2.45) is 5.92 Å². The first-order valence-electron chi connectivity index (χ1n) is 4.35. The number of rotatable bonds is 1. The molecular formula is C11H13O. The lowest BCUT2D eigenvalue weighted by Gasteiger charge is -2.17. The van der Waals surface area contributed by atoms with Crippen LogP contribution in [0.15, 0.2) is 29.4 Å². The molecule has 0 aromatic rings. The number of allylic oxidation sites excluding steroid dienone is 3. The maximum atomic E-state index is 5.41. The Balaban J connectivity index is 2.32. The molecule has 2 atom stereocenters. The van der Waals surface area contributed by atoms with Gasteiger partial charge >= 0.3 is 0 Å². The van der Waals surface area contributed by atoms with Crippen molar-refractivity contribution in [1.29, 1.82) is 0 Å². The Morgan fingerprint density at radius 1 is 1.58 bits per heavy atom. The third-order valence-electron chi connectivity index (χ3n) is 2.52. The molecule has 0 heterocycles. The minimum absolute atomic E-state index is 0.241. The lowest BCUT2D eigenvalue weighted by atomic mass is 9.98. The average molecular weight is 161 g/mol. The molecule has 0 fully saturated rings. The van der Waals surface area contributed by atoms with Gasteiger partial charge in [0.05, 0.1) is 6.10 Å². The summed E-state index contributed by atoms with van der Waals surface area (Å²) in [5.41, 5.74) is 2.66. The second-order valence-corrected chi connectivity index (χ2v) is 3.37. The standard InChI is InChI=1S/C11H13O/c1-8-7-9-5-3-4-6-10(9)11(8)12-2/h3-4,7-8,11H,5H2,1-2H3. The zero-order chi connectivity index (χ0) is 8.55. The van der Waals surface area contributed by atoms with E-state index < -0.39 is 0 Å². The largest absolute Gasteiger partial charge is 0.376 e. The summed E-state index contributed by atoms with van der Waals surface area (Å²) < 4.78 is 5.41. The summed E-state index contributed by atoms with van der Waals surface area (Å²) in [5, 5.41) is 0. The number of ether oxygens (including phenoxy) is 1. The van der Waals surface area contributed by atoms with E-state index in [1.165, 1.54) is 11.1 Å². The highest BCUT2D eigenvalue weighted by Gasteiger charge is 2.29. The monoisotopic (exact) mass is 161 g/mol. The normalized spacial score (nSPS) is 32.8. The zero-order valence-corrected chi connectivity index (χ0v) is 7.50. The van der Waals surface area contributed by atoms with Gasteiger partial charge in [0.15, 0.2) is 0 Å². The molecule has 0 aliphatic heterocycles. The van der Waals surface area contributed by atoms with Crippen LogP contribution in [0.1, 0.15) is 13.3 Å². The summed E-state index contributed by atoms with van der Waals surface area (Å²) in [4.78, 5) is 0. The number of fused-ring (bicyclic) bond motifs is 1. The Morgan fingerprint density at radius 3 is 3.17 bits per heavy atom. The Hall–Kier alpha value is -0.820. The molecule has 0 amide bonds. The summed E-state index contributed by atoms with van der Waals surface area (Å²) in [7, 11) is 1.77. The van der Waals surface area contributed by atoms with E-state index >= 15 is 0 Å². The van der Waals surface area contributed by atoms with Crippen LogP contribution < -0.4 is 0 Å². The smallest absolute Gasteiger partial charge is 0.0889 e. The number of hydrogen-bond acceptors (Lipinski definition) is 1. The van der Waals surface area contributed by atoms with Crippen molar-refractivity contribution in [3.63, 3.8) is 0 Å². The van der Waals surface area contributed by atoms with Crippen molar-refractivity contribution in [2.45, 2.75) is 19.4 Å². The maximum absolute atomic E-state index is 5.41. The molecule has 1 heteroatoms. The minimum Gasteiger partial charge on any atom is -0.376 e. The van der Waals surface area contributed by atoms with Gasteiger partial charge in [0, 0.05) is 13.0 Å². The van der Waals surface area contributed by atoms with Crippen molar-refractivity contribution in [2.75, 3.05) is 7.11 Å². The third-order valence-corrected chi connectivity index (χ3v) is 2.52. The van der Waals surface area contributed by atoms with Crippen LogP contribution in [0.25, 0.3) is 0 Å². The Morgan fingerprint density at radius 2 is 2.42 bits per heavy atom. The van der Waals surface area contributed by atoms with Gasteiger partial charge in [0.25, 0.3) is 0 Å². The highest BCUT2D eigenvalue weighted by Crippen LogP contribution is 2.35. The summed E-state index contributed by atoms with van der Waals surface area (Å²) in [5.74, 6) is 0.507. The zero-order valence-electron chi connectivity index (χ0n) is 7.50. The van der Waals surface area contributed by atoms with E-state index in [2.05, 4.69) is 25.2 Å². The lowest BCUT2D eigenvalue weighted by molar-refractivity contribution is 0.111. The van der Waals surface area contributed by atoms with E-state index in [4.69, 9.17) is 4.74 Å². The van der Waals surface area contributed by atoms with E-state index in [0.29, 0.717) is 5.92 Å².